The number of anilines is 1. The van der Waals surface area contributed by atoms with E-state index in [0.717, 1.165) is 12.1 Å². The molecule has 9 heteroatoms. The minimum atomic E-state index is -4.80. The van der Waals surface area contributed by atoms with Crippen LogP contribution in [-0.4, -0.2) is 33.8 Å². The van der Waals surface area contributed by atoms with Crippen LogP contribution in [0.4, 0.5) is 19.0 Å². The van der Waals surface area contributed by atoms with Crippen LogP contribution >= 0.6 is 0 Å². The molecule has 0 spiro atoms. The molecule has 6 nitrogen and oxygen atoms in total. The number of rotatable bonds is 5. The highest BCUT2D eigenvalue weighted by Crippen LogP contribution is 2.35. The second kappa shape index (κ2) is 6.72. The van der Waals surface area contributed by atoms with Crippen molar-refractivity contribution in [2.45, 2.75) is 31.7 Å². The molecule has 0 saturated carbocycles. The van der Waals surface area contributed by atoms with E-state index in [0.29, 0.717) is 0 Å². The number of alkyl halides is 3. The highest BCUT2D eigenvalue weighted by Gasteiger charge is 2.38. The van der Waals surface area contributed by atoms with Gasteiger partial charge in [0.05, 0.1) is 6.10 Å². The standard InChI is InChI=1S/C12H16F3N3O3/c1-6(19)17-5-4-8(20)10(21)7-2-3-9(16)18-11(7)12(13,14)15/h2-3,8,10,20-21H,4-5H2,1H3,(H2,16,18)(H,17,19). The molecule has 2 atom stereocenters. The fourth-order valence-electron chi connectivity index (χ4n) is 1.71. The third-order valence-corrected chi connectivity index (χ3v) is 2.71. The number of nitrogens with one attached hydrogen (secondary N) is 1. The largest absolute Gasteiger partial charge is 0.433 e. The van der Waals surface area contributed by atoms with Gasteiger partial charge in [-0.05, 0) is 12.5 Å². The fraction of sp³-hybridized carbons (Fsp3) is 0.500. The van der Waals surface area contributed by atoms with Gasteiger partial charge in [-0.1, -0.05) is 6.07 Å². The van der Waals surface area contributed by atoms with Gasteiger partial charge in [0.1, 0.15) is 11.9 Å². The van der Waals surface area contributed by atoms with Gasteiger partial charge in [0.2, 0.25) is 5.91 Å². The zero-order valence-electron chi connectivity index (χ0n) is 11.2. The Morgan fingerprint density at radius 3 is 2.57 bits per heavy atom. The smallest absolute Gasteiger partial charge is 0.390 e. The Morgan fingerprint density at radius 2 is 2.05 bits per heavy atom. The SMILES string of the molecule is CC(=O)NCCC(O)C(O)c1ccc(N)nc1C(F)(F)F. The molecule has 0 bridgehead atoms. The summed E-state index contributed by atoms with van der Waals surface area (Å²) in [5.41, 5.74) is 3.31. The molecule has 118 valence electrons. The zero-order valence-corrected chi connectivity index (χ0v) is 11.2. The van der Waals surface area contributed by atoms with Crippen LogP contribution in [-0.2, 0) is 11.0 Å². The summed E-state index contributed by atoms with van der Waals surface area (Å²) < 4.78 is 38.5. The first-order valence-corrected chi connectivity index (χ1v) is 6.07. The van der Waals surface area contributed by atoms with E-state index in [-0.39, 0.29) is 24.7 Å². The molecule has 0 aliphatic heterocycles. The van der Waals surface area contributed by atoms with E-state index in [1.165, 1.54) is 6.92 Å². The number of hydrogen-bond acceptors (Lipinski definition) is 5. The molecule has 1 aromatic heterocycles. The number of aliphatic hydroxyl groups is 2. The van der Waals surface area contributed by atoms with Crippen molar-refractivity contribution in [2.75, 3.05) is 12.3 Å². The van der Waals surface area contributed by atoms with Crippen molar-refractivity contribution in [1.82, 2.24) is 10.3 Å². The van der Waals surface area contributed by atoms with Gasteiger partial charge in [-0.2, -0.15) is 13.2 Å². The van der Waals surface area contributed by atoms with Crippen LogP contribution in [0.15, 0.2) is 12.1 Å². The van der Waals surface area contributed by atoms with E-state index in [1.54, 1.807) is 0 Å². The van der Waals surface area contributed by atoms with Crippen LogP contribution in [0.5, 0.6) is 0 Å². The Balaban J connectivity index is 2.91. The number of nitrogen functional groups attached to an aromatic ring is 1. The van der Waals surface area contributed by atoms with Crippen molar-refractivity contribution in [3.05, 3.63) is 23.4 Å². The minimum Gasteiger partial charge on any atom is -0.390 e. The number of aliphatic hydroxyl groups excluding tert-OH is 2. The topological polar surface area (TPSA) is 108 Å². The van der Waals surface area contributed by atoms with Crippen molar-refractivity contribution in [2.24, 2.45) is 0 Å². The third-order valence-electron chi connectivity index (χ3n) is 2.71. The first-order valence-electron chi connectivity index (χ1n) is 6.07. The summed E-state index contributed by atoms with van der Waals surface area (Å²) in [5.74, 6) is -0.687. The van der Waals surface area contributed by atoms with E-state index < -0.39 is 29.6 Å². The first kappa shape index (κ1) is 17.2. The Labute approximate surface area is 118 Å². The van der Waals surface area contributed by atoms with Crippen LogP contribution in [0.2, 0.25) is 0 Å². The number of amides is 1. The summed E-state index contributed by atoms with van der Waals surface area (Å²) in [6.07, 6.45) is -8.18. The maximum absolute atomic E-state index is 12.8. The molecule has 0 radical (unpaired) electrons. The summed E-state index contributed by atoms with van der Waals surface area (Å²) in [6, 6.07) is 2.08. The number of halogens is 3. The average Bonchev–Trinajstić information content (AvgIpc) is 2.36. The lowest BCUT2D eigenvalue weighted by atomic mass is 10.00. The average molecular weight is 307 g/mol. The molecule has 1 amide bonds. The van der Waals surface area contributed by atoms with E-state index in [9.17, 15) is 28.2 Å². The highest BCUT2D eigenvalue weighted by molar-refractivity contribution is 5.72. The number of pyridine rings is 1. The Hall–Kier alpha value is -1.87. The summed E-state index contributed by atoms with van der Waals surface area (Å²) >= 11 is 0. The summed E-state index contributed by atoms with van der Waals surface area (Å²) in [6.45, 7) is 1.28. The summed E-state index contributed by atoms with van der Waals surface area (Å²) in [5, 5.41) is 21.9. The van der Waals surface area contributed by atoms with Crippen molar-refractivity contribution in [3.63, 3.8) is 0 Å². The maximum Gasteiger partial charge on any atom is 0.433 e. The van der Waals surface area contributed by atoms with Gasteiger partial charge in [-0.3, -0.25) is 4.79 Å². The van der Waals surface area contributed by atoms with Crippen LogP contribution in [0, 0.1) is 0 Å². The predicted molar refractivity (Wildman–Crippen MR) is 67.9 cm³/mol. The van der Waals surface area contributed by atoms with Crippen LogP contribution in [0.25, 0.3) is 0 Å². The third kappa shape index (κ3) is 4.87. The maximum atomic E-state index is 12.8. The van der Waals surface area contributed by atoms with Crippen molar-refractivity contribution >= 4 is 11.7 Å². The number of aromatic nitrogens is 1. The second-order valence-corrected chi connectivity index (χ2v) is 4.46. The van der Waals surface area contributed by atoms with Gasteiger partial charge >= 0.3 is 6.18 Å². The minimum absolute atomic E-state index is 0.0251. The monoisotopic (exact) mass is 307 g/mol. The molecular weight excluding hydrogens is 291 g/mol. The molecule has 0 aromatic carbocycles. The fourth-order valence-corrected chi connectivity index (χ4v) is 1.71. The lowest BCUT2D eigenvalue weighted by molar-refractivity contribution is -0.143. The van der Waals surface area contributed by atoms with Crippen LogP contribution in [0.1, 0.15) is 30.7 Å². The predicted octanol–water partition coefficient (Wildman–Crippen LogP) is 0.603. The molecule has 5 N–H and O–H groups in total. The van der Waals surface area contributed by atoms with Crippen LogP contribution < -0.4 is 11.1 Å². The van der Waals surface area contributed by atoms with Gasteiger partial charge in [0.25, 0.3) is 0 Å². The second-order valence-electron chi connectivity index (χ2n) is 4.46. The summed E-state index contributed by atoms with van der Waals surface area (Å²) in [7, 11) is 0. The number of hydrogen-bond donors (Lipinski definition) is 4. The van der Waals surface area contributed by atoms with Crippen molar-refractivity contribution < 1.29 is 28.2 Å². The van der Waals surface area contributed by atoms with Crippen molar-refractivity contribution in [3.8, 4) is 0 Å². The summed E-state index contributed by atoms with van der Waals surface area (Å²) in [4.78, 5) is 13.8. The lowest BCUT2D eigenvalue weighted by Gasteiger charge is -2.21. The molecule has 0 fully saturated rings. The van der Waals surface area contributed by atoms with Gasteiger partial charge in [-0.15, -0.1) is 0 Å². The Morgan fingerprint density at radius 1 is 1.43 bits per heavy atom. The molecule has 0 aliphatic rings. The highest BCUT2D eigenvalue weighted by atomic mass is 19.4. The molecule has 1 heterocycles. The van der Waals surface area contributed by atoms with E-state index >= 15 is 0 Å². The van der Waals surface area contributed by atoms with Gasteiger partial charge < -0.3 is 21.3 Å². The molecule has 1 aromatic rings. The van der Waals surface area contributed by atoms with E-state index in [4.69, 9.17) is 5.73 Å². The van der Waals surface area contributed by atoms with Crippen molar-refractivity contribution in [1.29, 1.82) is 0 Å². The zero-order chi connectivity index (χ0) is 16.2. The molecule has 0 saturated heterocycles. The van der Waals surface area contributed by atoms with Gasteiger partial charge in [0, 0.05) is 19.0 Å². The molecule has 21 heavy (non-hydrogen) atoms. The normalized spacial score (nSPS) is 14.6. The number of carbonyl (C=O) groups excluding carboxylic acids is 1. The molecular formula is C12H16F3N3O3. The first-order chi connectivity index (χ1) is 9.62. The molecule has 0 aliphatic carbocycles. The van der Waals surface area contributed by atoms with Gasteiger partial charge in [0.15, 0.2) is 5.69 Å². The Bertz CT molecular complexity index is 508. The number of nitrogens with two attached hydrogens (primary N) is 1. The van der Waals surface area contributed by atoms with Crippen LogP contribution in [0.3, 0.4) is 0 Å². The number of nitrogens with zero attached hydrogens (tertiary/aromatic N) is 1. The van der Waals surface area contributed by atoms with E-state index in [2.05, 4.69) is 10.3 Å². The number of carbonyl (C=O) groups is 1. The quantitative estimate of drug-likeness (QED) is 0.637. The van der Waals surface area contributed by atoms with Gasteiger partial charge in [-0.25, -0.2) is 4.98 Å². The lowest BCUT2D eigenvalue weighted by Crippen LogP contribution is -2.29. The Kier molecular flexibility index (Phi) is 5.50. The van der Waals surface area contributed by atoms with E-state index in [1.807, 2.05) is 0 Å². The molecule has 1 rings (SSSR count). The molecule has 2 unspecified atom stereocenters.